The summed E-state index contributed by atoms with van der Waals surface area (Å²) in [5.41, 5.74) is 0. The monoisotopic (exact) mass is 476 g/mol. The molecule has 0 radical (unpaired) electrons. The molecule has 0 spiro atoms. The number of nitrogens with one attached hydrogen (secondary N) is 2. The first kappa shape index (κ1) is 22.8. The van der Waals surface area contributed by atoms with Crippen molar-refractivity contribution in [1.82, 2.24) is 15.5 Å². The molecule has 0 aliphatic carbocycles. The second-order valence-electron chi connectivity index (χ2n) is 6.71. The number of likely N-dealkylation sites (tertiary alicyclic amines) is 1. The van der Waals surface area contributed by atoms with E-state index in [9.17, 15) is 0 Å². The fraction of sp³-hybridized carbons (Fsp3) is 0.632. The highest BCUT2D eigenvalue weighted by Gasteiger charge is 2.17. The van der Waals surface area contributed by atoms with Gasteiger partial charge >= 0.3 is 0 Å². The molecule has 148 valence electrons. The van der Waals surface area contributed by atoms with Crippen LogP contribution in [0.15, 0.2) is 29.3 Å². The number of hydrogen-bond donors (Lipinski definition) is 2. The quantitative estimate of drug-likeness (QED) is 0.360. The highest BCUT2D eigenvalue weighted by Crippen LogP contribution is 2.19. The van der Waals surface area contributed by atoms with Crippen LogP contribution in [0.4, 0.5) is 0 Å². The molecular weight excluding hydrogens is 443 g/mol. The second kappa shape index (κ2) is 12.2. The van der Waals surface area contributed by atoms with Gasteiger partial charge in [0.15, 0.2) is 5.96 Å². The van der Waals surface area contributed by atoms with Crippen LogP contribution in [-0.2, 0) is 0 Å². The van der Waals surface area contributed by atoms with Gasteiger partial charge in [0.1, 0.15) is 17.6 Å². The van der Waals surface area contributed by atoms with Crippen LogP contribution >= 0.6 is 24.0 Å². The van der Waals surface area contributed by atoms with Gasteiger partial charge < -0.3 is 25.0 Å². The lowest BCUT2D eigenvalue weighted by Gasteiger charge is -2.30. The molecule has 0 aromatic heterocycles. The minimum absolute atomic E-state index is 0. The van der Waals surface area contributed by atoms with Crippen molar-refractivity contribution < 1.29 is 9.47 Å². The van der Waals surface area contributed by atoms with Crippen LogP contribution in [0.3, 0.4) is 0 Å². The second-order valence-corrected chi connectivity index (χ2v) is 6.71. The Hall–Kier alpha value is -1.22. The highest BCUT2D eigenvalue weighted by molar-refractivity contribution is 14.0. The maximum Gasteiger partial charge on any atom is 0.191 e. The molecule has 1 saturated heterocycles. The Kier molecular flexibility index (Phi) is 10.7. The summed E-state index contributed by atoms with van der Waals surface area (Å²) in [6.45, 7) is 6.04. The number of hydrogen-bond acceptors (Lipinski definition) is 4. The molecule has 1 aromatic carbocycles. The van der Waals surface area contributed by atoms with Crippen LogP contribution in [0.5, 0.6) is 11.5 Å². The molecule has 2 N–H and O–H groups in total. The zero-order valence-corrected chi connectivity index (χ0v) is 18.7. The lowest BCUT2D eigenvalue weighted by Crippen LogP contribution is -2.45. The highest BCUT2D eigenvalue weighted by atomic mass is 127. The van der Waals surface area contributed by atoms with E-state index in [2.05, 4.69) is 27.6 Å². The first-order chi connectivity index (χ1) is 12.1. The SMILES string of the molecule is CN=C(NCC1CCCN(C)C1)NCC(C)Oc1cccc(OC)c1.I. The fourth-order valence-corrected chi connectivity index (χ4v) is 3.09. The zero-order valence-electron chi connectivity index (χ0n) is 16.3. The molecule has 2 unspecified atom stereocenters. The standard InChI is InChI=1S/C19H32N4O2.HI/c1-15(25-18-9-5-8-17(11-18)24-4)12-21-19(20-2)22-13-16-7-6-10-23(3)14-16;/h5,8-9,11,15-16H,6-7,10,12-14H2,1-4H3,(H2,20,21,22);1H. The Morgan fingerprint density at radius 3 is 2.81 bits per heavy atom. The molecule has 1 aromatic rings. The Balaban J connectivity index is 0.00000338. The summed E-state index contributed by atoms with van der Waals surface area (Å²) in [5.74, 6) is 3.12. The van der Waals surface area contributed by atoms with Crippen molar-refractivity contribution in [3.63, 3.8) is 0 Å². The normalized spacial score (nSPS) is 19.2. The number of ether oxygens (including phenoxy) is 2. The van der Waals surface area contributed by atoms with Crippen molar-refractivity contribution >= 4 is 29.9 Å². The van der Waals surface area contributed by atoms with Gasteiger partial charge in [-0.05, 0) is 51.4 Å². The number of halogens is 1. The van der Waals surface area contributed by atoms with Gasteiger partial charge in [-0.3, -0.25) is 4.99 Å². The first-order valence-corrected chi connectivity index (χ1v) is 9.04. The third-order valence-electron chi connectivity index (χ3n) is 4.44. The summed E-state index contributed by atoms with van der Waals surface area (Å²) >= 11 is 0. The minimum Gasteiger partial charge on any atom is -0.497 e. The molecule has 2 atom stereocenters. The molecule has 0 bridgehead atoms. The average molecular weight is 476 g/mol. The molecule has 0 saturated carbocycles. The summed E-state index contributed by atoms with van der Waals surface area (Å²) in [5, 5.41) is 6.77. The Bertz CT molecular complexity index is 556. The van der Waals surface area contributed by atoms with Crippen LogP contribution in [0.25, 0.3) is 0 Å². The van der Waals surface area contributed by atoms with Crippen molar-refractivity contribution in [2.24, 2.45) is 10.9 Å². The van der Waals surface area contributed by atoms with Gasteiger partial charge in [-0.1, -0.05) is 6.07 Å². The smallest absolute Gasteiger partial charge is 0.191 e. The number of piperidine rings is 1. The van der Waals surface area contributed by atoms with Crippen molar-refractivity contribution in [2.75, 3.05) is 47.4 Å². The van der Waals surface area contributed by atoms with E-state index in [0.717, 1.165) is 30.5 Å². The van der Waals surface area contributed by atoms with Crippen molar-refractivity contribution in [2.45, 2.75) is 25.9 Å². The van der Waals surface area contributed by atoms with Crippen molar-refractivity contribution in [3.8, 4) is 11.5 Å². The third kappa shape index (κ3) is 7.99. The van der Waals surface area contributed by atoms with Crippen LogP contribution in [0.2, 0.25) is 0 Å². The molecule has 7 heteroatoms. The van der Waals surface area contributed by atoms with E-state index in [1.54, 1.807) is 14.2 Å². The van der Waals surface area contributed by atoms with Gasteiger partial charge in [0.05, 0.1) is 13.7 Å². The topological polar surface area (TPSA) is 58.1 Å². The summed E-state index contributed by atoms with van der Waals surface area (Å²) in [4.78, 5) is 6.70. The molecule has 1 aliphatic rings. The van der Waals surface area contributed by atoms with Crippen molar-refractivity contribution in [1.29, 1.82) is 0 Å². The fourth-order valence-electron chi connectivity index (χ4n) is 3.09. The predicted molar refractivity (Wildman–Crippen MR) is 118 cm³/mol. The maximum absolute atomic E-state index is 5.93. The van der Waals surface area contributed by atoms with Crippen LogP contribution in [0, 0.1) is 5.92 Å². The van der Waals surface area contributed by atoms with Gasteiger partial charge in [-0.2, -0.15) is 0 Å². The molecule has 1 heterocycles. The van der Waals surface area contributed by atoms with E-state index >= 15 is 0 Å². The minimum atomic E-state index is 0. The summed E-state index contributed by atoms with van der Waals surface area (Å²) in [7, 11) is 5.65. The Morgan fingerprint density at radius 1 is 1.35 bits per heavy atom. The lowest BCUT2D eigenvalue weighted by atomic mass is 9.99. The molecule has 26 heavy (non-hydrogen) atoms. The Morgan fingerprint density at radius 2 is 2.12 bits per heavy atom. The van der Waals surface area contributed by atoms with E-state index in [1.807, 2.05) is 31.2 Å². The van der Waals surface area contributed by atoms with Gasteiger partial charge in [-0.15, -0.1) is 24.0 Å². The van der Waals surface area contributed by atoms with E-state index in [0.29, 0.717) is 12.5 Å². The summed E-state index contributed by atoms with van der Waals surface area (Å²) in [6.07, 6.45) is 2.58. The largest absolute Gasteiger partial charge is 0.497 e. The van der Waals surface area contributed by atoms with E-state index in [1.165, 1.54) is 19.4 Å². The molecule has 0 amide bonds. The number of aliphatic imine (C=N–C) groups is 1. The molecule has 1 aliphatic heterocycles. The van der Waals surface area contributed by atoms with Crippen LogP contribution in [0.1, 0.15) is 19.8 Å². The molecular formula is C19H33IN4O2. The van der Waals surface area contributed by atoms with Gasteiger partial charge in [0, 0.05) is 26.2 Å². The van der Waals surface area contributed by atoms with Gasteiger partial charge in [0.2, 0.25) is 0 Å². The molecule has 6 nitrogen and oxygen atoms in total. The van der Waals surface area contributed by atoms with E-state index < -0.39 is 0 Å². The van der Waals surface area contributed by atoms with Crippen LogP contribution in [-0.4, -0.2) is 64.3 Å². The zero-order chi connectivity index (χ0) is 18.1. The van der Waals surface area contributed by atoms with Gasteiger partial charge in [-0.25, -0.2) is 0 Å². The summed E-state index contributed by atoms with van der Waals surface area (Å²) in [6, 6.07) is 7.66. The predicted octanol–water partition coefficient (Wildman–Crippen LogP) is 2.59. The summed E-state index contributed by atoms with van der Waals surface area (Å²) < 4.78 is 11.1. The third-order valence-corrected chi connectivity index (χ3v) is 4.44. The van der Waals surface area contributed by atoms with E-state index in [4.69, 9.17) is 9.47 Å². The molecule has 1 fully saturated rings. The lowest BCUT2D eigenvalue weighted by molar-refractivity contribution is 0.209. The van der Waals surface area contributed by atoms with Crippen LogP contribution < -0.4 is 20.1 Å². The number of benzene rings is 1. The number of nitrogens with zero attached hydrogens (tertiary/aromatic N) is 2. The number of methoxy groups -OCH3 is 1. The number of rotatable bonds is 7. The van der Waals surface area contributed by atoms with Crippen molar-refractivity contribution in [3.05, 3.63) is 24.3 Å². The molecule has 2 rings (SSSR count). The van der Waals surface area contributed by atoms with E-state index in [-0.39, 0.29) is 30.1 Å². The first-order valence-electron chi connectivity index (χ1n) is 9.04. The average Bonchev–Trinajstić information content (AvgIpc) is 2.62. The maximum atomic E-state index is 5.93. The number of guanidine groups is 1. The Labute approximate surface area is 174 Å². The van der Waals surface area contributed by atoms with Gasteiger partial charge in [0.25, 0.3) is 0 Å².